The van der Waals surface area contributed by atoms with E-state index in [1.165, 1.54) is 19.3 Å². The molecule has 1 fully saturated rings. The summed E-state index contributed by atoms with van der Waals surface area (Å²) in [6.07, 6.45) is 2.76. The number of aromatic nitrogens is 2. The number of nitrogens with one attached hydrogen (secondary N) is 1. The van der Waals surface area contributed by atoms with E-state index in [0.29, 0.717) is 17.2 Å². The van der Waals surface area contributed by atoms with Gasteiger partial charge in [-0.2, -0.15) is 4.39 Å². The number of rotatable bonds is 11. The molecule has 2 heterocycles. The highest BCUT2D eigenvalue weighted by atomic mass is 19.1. The summed E-state index contributed by atoms with van der Waals surface area (Å²) in [6, 6.07) is 0. The fraction of sp³-hybridized carbons (Fsp3) is 0.737. The second-order valence-corrected chi connectivity index (χ2v) is 7.24. The largest absolute Gasteiger partial charge is 0.463 e. The van der Waals surface area contributed by atoms with E-state index in [1.807, 2.05) is 0 Å². The predicted molar refractivity (Wildman–Crippen MR) is 101 cm³/mol. The summed E-state index contributed by atoms with van der Waals surface area (Å²) in [5, 5.41) is 20.2. The first-order valence-corrected chi connectivity index (χ1v) is 10.0. The molecule has 0 amide bonds. The third-order valence-corrected chi connectivity index (χ3v) is 4.93. The first-order chi connectivity index (χ1) is 13.8. The van der Waals surface area contributed by atoms with Crippen molar-refractivity contribution in [1.82, 2.24) is 9.55 Å². The van der Waals surface area contributed by atoms with Gasteiger partial charge >= 0.3 is 11.7 Å². The number of esters is 1. The number of aromatic amines is 1. The van der Waals surface area contributed by atoms with Gasteiger partial charge in [0.1, 0.15) is 24.9 Å². The molecule has 9 nitrogen and oxygen atoms in total. The van der Waals surface area contributed by atoms with Crippen molar-refractivity contribution in [3.05, 3.63) is 32.9 Å². The molecule has 1 aromatic rings. The lowest BCUT2D eigenvalue weighted by Gasteiger charge is -2.16. The minimum atomic E-state index is -1.56. The summed E-state index contributed by atoms with van der Waals surface area (Å²) < 4.78 is 24.6. The van der Waals surface area contributed by atoms with Crippen LogP contribution in [0.15, 0.2) is 15.8 Å². The van der Waals surface area contributed by atoms with E-state index in [9.17, 15) is 29.0 Å². The van der Waals surface area contributed by atoms with Gasteiger partial charge in [-0.05, 0) is 6.42 Å². The normalized spacial score (nSPS) is 24.0. The van der Waals surface area contributed by atoms with Gasteiger partial charge in [0.2, 0.25) is 5.82 Å². The number of aliphatic hydroxyl groups is 2. The zero-order valence-corrected chi connectivity index (χ0v) is 16.5. The van der Waals surface area contributed by atoms with E-state index < -0.39 is 47.6 Å². The van der Waals surface area contributed by atoms with E-state index in [4.69, 9.17) is 9.47 Å². The Bertz CT molecular complexity index is 779. The Balaban J connectivity index is 1.79. The van der Waals surface area contributed by atoms with Gasteiger partial charge in [-0.1, -0.05) is 45.4 Å². The first kappa shape index (κ1) is 23.2. The number of ether oxygens (including phenoxy) is 2. The third-order valence-electron chi connectivity index (χ3n) is 4.93. The van der Waals surface area contributed by atoms with Gasteiger partial charge in [0.05, 0.1) is 6.20 Å². The number of hydrogen-bond donors (Lipinski definition) is 3. The summed E-state index contributed by atoms with van der Waals surface area (Å²) >= 11 is 0. The van der Waals surface area contributed by atoms with E-state index in [2.05, 4.69) is 6.92 Å². The molecule has 3 N–H and O–H groups in total. The van der Waals surface area contributed by atoms with Gasteiger partial charge < -0.3 is 19.7 Å². The second kappa shape index (κ2) is 11.2. The van der Waals surface area contributed by atoms with Gasteiger partial charge in [0, 0.05) is 6.42 Å². The summed E-state index contributed by atoms with van der Waals surface area (Å²) in [4.78, 5) is 36.5. The highest BCUT2D eigenvalue weighted by molar-refractivity contribution is 5.69. The molecule has 2 rings (SSSR count). The van der Waals surface area contributed by atoms with Gasteiger partial charge in [-0.25, -0.2) is 4.79 Å². The van der Waals surface area contributed by atoms with Crippen molar-refractivity contribution in [1.29, 1.82) is 0 Å². The number of nitrogens with zero attached hydrogens (tertiary/aromatic N) is 1. The van der Waals surface area contributed by atoms with Gasteiger partial charge in [0.15, 0.2) is 6.23 Å². The Kier molecular flexibility index (Phi) is 8.99. The summed E-state index contributed by atoms with van der Waals surface area (Å²) in [7, 11) is 0. The number of carbonyl (C=O) groups is 1. The van der Waals surface area contributed by atoms with Crippen LogP contribution in [0, 0.1) is 5.82 Å². The Hall–Kier alpha value is -2.04. The maximum Gasteiger partial charge on any atom is 0.330 e. The molecule has 0 radical (unpaired) electrons. The Morgan fingerprint density at radius 3 is 2.52 bits per heavy atom. The van der Waals surface area contributed by atoms with E-state index in [1.54, 1.807) is 4.98 Å². The molecule has 1 saturated heterocycles. The molecular weight excluding hydrogens is 387 g/mol. The van der Waals surface area contributed by atoms with Crippen LogP contribution in [0.1, 0.15) is 64.5 Å². The third kappa shape index (κ3) is 6.48. The molecule has 0 aliphatic carbocycles. The molecule has 0 aromatic carbocycles. The molecule has 0 saturated carbocycles. The minimum Gasteiger partial charge on any atom is -0.463 e. The number of halogens is 1. The van der Waals surface area contributed by atoms with Crippen molar-refractivity contribution in [2.75, 3.05) is 6.61 Å². The van der Waals surface area contributed by atoms with E-state index >= 15 is 0 Å². The summed E-state index contributed by atoms with van der Waals surface area (Å²) in [5.41, 5.74) is -2.20. The van der Waals surface area contributed by atoms with E-state index in [-0.39, 0.29) is 13.0 Å². The molecule has 0 bridgehead atoms. The molecule has 164 valence electrons. The average Bonchev–Trinajstić information content (AvgIpc) is 2.97. The topological polar surface area (TPSA) is 131 Å². The molecular formula is C19H29FN2O7. The van der Waals surface area contributed by atoms with Crippen molar-refractivity contribution in [2.45, 2.75) is 82.8 Å². The smallest absolute Gasteiger partial charge is 0.330 e. The van der Waals surface area contributed by atoms with E-state index in [0.717, 1.165) is 19.3 Å². The second-order valence-electron chi connectivity index (χ2n) is 7.24. The number of hydrogen-bond acceptors (Lipinski definition) is 7. The zero-order valence-electron chi connectivity index (χ0n) is 16.5. The number of carbonyl (C=O) groups excluding carboxylic acids is 1. The molecule has 1 aliphatic heterocycles. The van der Waals surface area contributed by atoms with Crippen LogP contribution < -0.4 is 11.2 Å². The predicted octanol–water partition coefficient (Wildman–Crippen LogP) is 0.979. The van der Waals surface area contributed by atoms with Gasteiger partial charge in [-0.3, -0.25) is 19.1 Å². The SMILES string of the molecule is CCCCCCCCCC(=O)OC[C@H]1O[C@@H](n2cc(F)c(=O)[nH]c2=O)[C@H](O)[C@@H]1O. The van der Waals surface area contributed by atoms with Crippen LogP contribution in [-0.4, -0.2) is 50.7 Å². The molecule has 4 atom stereocenters. The van der Waals surface area contributed by atoms with Crippen molar-refractivity contribution in [2.24, 2.45) is 0 Å². The summed E-state index contributed by atoms with van der Waals surface area (Å²) in [5.74, 6) is -1.68. The van der Waals surface area contributed by atoms with Crippen LogP contribution in [0.3, 0.4) is 0 Å². The number of unbranched alkanes of at least 4 members (excludes halogenated alkanes) is 6. The monoisotopic (exact) mass is 416 g/mol. The van der Waals surface area contributed by atoms with Crippen LogP contribution in [-0.2, 0) is 14.3 Å². The number of H-pyrrole nitrogens is 1. The van der Waals surface area contributed by atoms with Crippen molar-refractivity contribution < 1.29 is 28.9 Å². The zero-order chi connectivity index (χ0) is 21.4. The molecule has 1 aliphatic rings. The Labute approximate surface area is 167 Å². The summed E-state index contributed by atoms with van der Waals surface area (Å²) in [6.45, 7) is 1.84. The van der Waals surface area contributed by atoms with Crippen molar-refractivity contribution >= 4 is 5.97 Å². The van der Waals surface area contributed by atoms with Gasteiger partial charge in [0.25, 0.3) is 5.56 Å². The highest BCUT2D eigenvalue weighted by Crippen LogP contribution is 2.28. The lowest BCUT2D eigenvalue weighted by atomic mass is 10.1. The quantitative estimate of drug-likeness (QED) is 0.362. The highest BCUT2D eigenvalue weighted by Gasteiger charge is 2.44. The molecule has 10 heteroatoms. The van der Waals surface area contributed by atoms with Gasteiger partial charge in [-0.15, -0.1) is 0 Å². The fourth-order valence-electron chi connectivity index (χ4n) is 3.22. The van der Waals surface area contributed by atoms with Crippen LogP contribution in [0.4, 0.5) is 4.39 Å². The standard InChI is InChI=1S/C19H29FN2O7/c1-2-3-4-5-6-7-8-9-14(23)28-11-13-15(24)16(25)18(29-13)22-10-12(20)17(26)21-19(22)27/h10,13,15-16,18,24-25H,2-9,11H2,1H3,(H,21,26,27)/t13-,15-,16-,18-/m1/s1. The van der Waals surface area contributed by atoms with Crippen molar-refractivity contribution in [3.8, 4) is 0 Å². The fourth-order valence-corrected chi connectivity index (χ4v) is 3.22. The van der Waals surface area contributed by atoms with Crippen LogP contribution in [0.25, 0.3) is 0 Å². The average molecular weight is 416 g/mol. The minimum absolute atomic E-state index is 0.243. The van der Waals surface area contributed by atoms with Crippen LogP contribution in [0.2, 0.25) is 0 Å². The Morgan fingerprint density at radius 2 is 1.83 bits per heavy atom. The van der Waals surface area contributed by atoms with Crippen LogP contribution in [0.5, 0.6) is 0 Å². The molecule has 0 spiro atoms. The molecule has 29 heavy (non-hydrogen) atoms. The Morgan fingerprint density at radius 1 is 1.17 bits per heavy atom. The molecule has 0 unspecified atom stereocenters. The maximum absolute atomic E-state index is 13.4. The molecule has 1 aromatic heterocycles. The lowest BCUT2D eigenvalue weighted by Crippen LogP contribution is -2.38. The first-order valence-electron chi connectivity index (χ1n) is 10.0. The maximum atomic E-state index is 13.4. The van der Waals surface area contributed by atoms with Crippen molar-refractivity contribution in [3.63, 3.8) is 0 Å². The number of aliphatic hydroxyl groups excluding tert-OH is 2. The van der Waals surface area contributed by atoms with Crippen LogP contribution >= 0.6 is 0 Å². The lowest BCUT2D eigenvalue weighted by molar-refractivity contribution is -0.150.